The highest BCUT2D eigenvalue weighted by Gasteiger charge is 2.33. The van der Waals surface area contributed by atoms with Crippen LogP contribution in [0.1, 0.15) is 23.7 Å². The largest absolute Gasteiger partial charge is 0.418 e. The summed E-state index contributed by atoms with van der Waals surface area (Å²) in [6.07, 6.45) is -5.06. The SMILES string of the molecule is O=C(NCCC(O)c1ccccc1)Nc1ccccc1C(F)(F)F. The third kappa shape index (κ3) is 4.99. The molecule has 7 heteroatoms. The lowest BCUT2D eigenvalue weighted by Gasteiger charge is -2.15. The number of carbonyl (C=O) groups excluding carboxylic acids is 1. The van der Waals surface area contributed by atoms with Gasteiger partial charge in [0, 0.05) is 6.54 Å². The number of aliphatic hydroxyl groups excluding tert-OH is 1. The van der Waals surface area contributed by atoms with Crippen molar-refractivity contribution in [1.29, 1.82) is 0 Å². The van der Waals surface area contributed by atoms with Crippen LogP contribution in [-0.2, 0) is 6.18 Å². The number of alkyl halides is 3. The van der Waals surface area contributed by atoms with Gasteiger partial charge in [-0.15, -0.1) is 0 Å². The maximum Gasteiger partial charge on any atom is 0.418 e. The van der Waals surface area contributed by atoms with Gasteiger partial charge in [0.1, 0.15) is 0 Å². The monoisotopic (exact) mass is 338 g/mol. The molecule has 128 valence electrons. The first-order valence-corrected chi connectivity index (χ1v) is 7.32. The molecule has 24 heavy (non-hydrogen) atoms. The lowest BCUT2D eigenvalue weighted by molar-refractivity contribution is -0.136. The van der Waals surface area contributed by atoms with Crippen LogP contribution >= 0.6 is 0 Å². The average molecular weight is 338 g/mol. The second kappa shape index (κ2) is 7.83. The molecule has 1 atom stereocenters. The number of aliphatic hydroxyl groups is 1. The zero-order valence-corrected chi connectivity index (χ0v) is 12.7. The molecule has 0 fully saturated rings. The molecule has 0 radical (unpaired) electrons. The summed E-state index contributed by atoms with van der Waals surface area (Å²) in [6, 6.07) is 12.9. The van der Waals surface area contributed by atoms with Crippen LogP contribution in [-0.4, -0.2) is 17.7 Å². The zero-order chi connectivity index (χ0) is 17.6. The van der Waals surface area contributed by atoms with Crippen molar-refractivity contribution in [3.8, 4) is 0 Å². The number of para-hydroxylation sites is 1. The number of hydrogen-bond acceptors (Lipinski definition) is 2. The third-order valence-electron chi connectivity index (χ3n) is 3.37. The van der Waals surface area contributed by atoms with Gasteiger partial charge < -0.3 is 15.7 Å². The fourth-order valence-electron chi connectivity index (χ4n) is 2.17. The van der Waals surface area contributed by atoms with E-state index in [1.165, 1.54) is 18.2 Å². The summed E-state index contributed by atoms with van der Waals surface area (Å²) in [5, 5.41) is 14.6. The first-order valence-electron chi connectivity index (χ1n) is 7.32. The maximum absolute atomic E-state index is 12.8. The number of nitrogens with one attached hydrogen (secondary N) is 2. The van der Waals surface area contributed by atoms with Crippen molar-refractivity contribution >= 4 is 11.7 Å². The molecule has 0 saturated heterocycles. The van der Waals surface area contributed by atoms with Gasteiger partial charge in [0.2, 0.25) is 0 Å². The Morgan fingerprint density at radius 3 is 2.33 bits per heavy atom. The molecular formula is C17H17F3N2O2. The molecule has 0 heterocycles. The molecule has 4 nitrogen and oxygen atoms in total. The van der Waals surface area contributed by atoms with E-state index in [4.69, 9.17) is 0 Å². The van der Waals surface area contributed by atoms with E-state index in [-0.39, 0.29) is 18.7 Å². The lowest BCUT2D eigenvalue weighted by atomic mass is 10.1. The minimum atomic E-state index is -4.55. The van der Waals surface area contributed by atoms with Crippen LogP contribution in [0, 0.1) is 0 Å². The predicted molar refractivity (Wildman–Crippen MR) is 84.5 cm³/mol. The van der Waals surface area contributed by atoms with E-state index < -0.39 is 23.9 Å². The van der Waals surface area contributed by atoms with E-state index in [2.05, 4.69) is 10.6 Å². The molecule has 0 aliphatic rings. The fourth-order valence-corrected chi connectivity index (χ4v) is 2.17. The number of benzene rings is 2. The van der Waals surface area contributed by atoms with Crippen LogP contribution in [0.15, 0.2) is 54.6 Å². The van der Waals surface area contributed by atoms with E-state index in [0.717, 1.165) is 6.07 Å². The zero-order valence-electron chi connectivity index (χ0n) is 12.7. The standard InChI is InChI=1S/C17H17F3N2O2/c18-17(19,20)13-8-4-5-9-14(13)22-16(24)21-11-10-15(23)12-6-2-1-3-7-12/h1-9,15,23H,10-11H2,(H2,21,22,24). The van der Waals surface area contributed by atoms with Crippen molar-refractivity contribution in [1.82, 2.24) is 5.32 Å². The number of amides is 2. The van der Waals surface area contributed by atoms with Crippen molar-refractivity contribution in [2.24, 2.45) is 0 Å². The van der Waals surface area contributed by atoms with Crippen molar-refractivity contribution < 1.29 is 23.1 Å². The highest BCUT2D eigenvalue weighted by atomic mass is 19.4. The number of anilines is 1. The van der Waals surface area contributed by atoms with Crippen molar-refractivity contribution in [3.63, 3.8) is 0 Å². The Labute approximate surface area is 137 Å². The van der Waals surface area contributed by atoms with Gasteiger partial charge in [-0.1, -0.05) is 42.5 Å². The minimum Gasteiger partial charge on any atom is -0.388 e. The van der Waals surface area contributed by atoms with E-state index in [1.54, 1.807) is 24.3 Å². The first-order chi connectivity index (χ1) is 11.4. The number of carbonyl (C=O) groups is 1. The number of halogens is 3. The smallest absolute Gasteiger partial charge is 0.388 e. The normalized spacial score (nSPS) is 12.5. The summed E-state index contributed by atoms with van der Waals surface area (Å²) in [6.45, 7) is 0.121. The lowest BCUT2D eigenvalue weighted by Crippen LogP contribution is -2.31. The highest BCUT2D eigenvalue weighted by molar-refractivity contribution is 5.90. The van der Waals surface area contributed by atoms with Crippen LogP contribution in [0.3, 0.4) is 0 Å². The molecule has 0 saturated carbocycles. The van der Waals surface area contributed by atoms with E-state index >= 15 is 0 Å². The van der Waals surface area contributed by atoms with Crippen molar-refractivity contribution in [3.05, 3.63) is 65.7 Å². The topological polar surface area (TPSA) is 61.4 Å². The van der Waals surface area contributed by atoms with E-state index in [0.29, 0.717) is 5.56 Å². The second-order valence-corrected chi connectivity index (χ2v) is 5.14. The minimum absolute atomic E-state index is 0.121. The number of rotatable bonds is 5. The first kappa shape index (κ1) is 17.8. The van der Waals surface area contributed by atoms with Crippen LogP contribution in [0.5, 0.6) is 0 Å². The van der Waals surface area contributed by atoms with Crippen LogP contribution in [0.4, 0.5) is 23.7 Å². The summed E-state index contributed by atoms with van der Waals surface area (Å²) in [7, 11) is 0. The van der Waals surface area contributed by atoms with Gasteiger partial charge in [-0.05, 0) is 24.1 Å². The summed E-state index contributed by atoms with van der Waals surface area (Å²) in [5.41, 5.74) is -0.516. The maximum atomic E-state index is 12.8. The van der Waals surface area contributed by atoms with Crippen molar-refractivity contribution in [2.45, 2.75) is 18.7 Å². The van der Waals surface area contributed by atoms with Crippen LogP contribution < -0.4 is 10.6 Å². The van der Waals surface area contributed by atoms with Crippen LogP contribution in [0.25, 0.3) is 0 Å². The quantitative estimate of drug-likeness (QED) is 0.773. The molecule has 2 amide bonds. The van der Waals surface area contributed by atoms with Gasteiger partial charge in [0.15, 0.2) is 0 Å². The Balaban J connectivity index is 1.86. The summed E-state index contributed by atoms with van der Waals surface area (Å²) in [4.78, 5) is 11.7. The molecule has 2 aromatic carbocycles. The van der Waals surface area contributed by atoms with Crippen molar-refractivity contribution in [2.75, 3.05) is 11.9 Å². The molecular weight excluding hydrogens is 321 g/mol. The second-order valence-electron chi connectivity index (χ2n) is 5.14. The molecule has 0 aromatic heterocycles. The predicted octanol–water partition coefficient (Wildman–Crippen LogP) is 3.95. The van der Waals surface area contributed by atoms with E-state index in [1.807, 2.05) is 6.07 Å². The Kier molecular flexibility index (Phi) is 5.81. The van der Waals surface area contributed by atoms with Gasteiger partial charge >= 0.3 is 12.2 Å². The number of urea groups is 1. The molecule has 3 N–H and O–H groups in total. The molecule has 0 aliphatic heterocycles. The Bertz CT molecular complexity index is 675. The van der Waals surface area contributed by atoms with Gasteiger partial charge in [0.05, 0.1) is 17.4 Å². The molecule has 0 bridgehead atoms. The molecule has 0 spiro atoms. The van der Waals surface area contributed by atoms with Gasteiger partial charge in [0.25, 0.3) is 0 Å². The van der Waals surface area contributed by atoms with E-state index in [9.17, 15) is 23.1 Å². The summed E-state index contributed by atoms with van der Waals surface area (Å²) < 4.78 is 38.5. The summed E-state index contributed by atoms with van der Waals surface area (Å²) in [5.74, 6) is 0. The van der Waals surface area contributed by atoms with Gasteiger partial charge in [-0.2, -0.15) is 13.2 Å². The average Bonchev–Trinajstić information content (AvgIpc) is 2.55. The number of hydrogen-bond donors (Lipinski definition) is 3. The highest BCUT2D eigenvalue weighted by Crippen LogP contribution is 2.34. The molecule has 1 unspecified atom stereocenters. The molecule has 0 aliphatic carbocycles. The van der Waals surface area contributed by atoms with Crippen LogP contribution in [0.2, 0.25) is 0 Å². The molecule has 2 rings (SSSR count). The Morgan fingerprint density at radius 1 is 1.04 bits per heavy atom. The summed E-state index contributed by atoms with van der Waals surface area (Å²) >= 11 is 0. The van der Waals surface area contributed by atoms with Gasteiger partial charge in [-0.25, -0.2) is 4.79 Å². The molecule has 2 aromatic rings. The van der Waals surface area contributed by atoms with Gasteiger partial charge in [-0.3, -0.25) is 0 Å². The fraction of sp³-hybridized carbons (Fsp3) is 0.235. The Hall–Kier alpha value is -2.54. The third-order valence-corrected chi connectivity index (χ3v) is 3.37. The Morgan fingerprint density at radius 2 is 1.67 bits per heavy atom.